The van der Waals surface area contributed by atoms with E-state index >= 15 is 0 Å². The van der Waals surface area contributed by atoms with Gasteiger partial charge in [0.15, 0.2) is 17.5 Å². The molecule has 8 aromatic carbocycles. The summed E-state index contributed by atoms with van der Waals surface area (Å²) in [5.41, 5.74) is 11.8. The van der Waals surface area contributed by atoms with Gasteiger partial charge in [-0.25, -0.2) is 15.0 Å². The van der Waals surface area contributed by atoms with Gasteiger partial charge in [0.25, 0.3) is 0 Å². The molecule has 0 amide bonds. The predicted molar refractivity (Wildman–Crippen MR) is 257 cm³/mol. The first-order valence-corrected chi connectivity index (χ1v) is 21.9. The molecule has 3 nitrogen and oxygen atoms in total. The molecular formula is C60H47N3. The molecule has 0 saturated heterocycles. The van der Waals surface area contributed by atoms with Crippen molar-refractivity contribution in [3.63, 3.8) is 0 Å². The molecule has 12 rings (SSSR count). The monoisotopic (exact) mass is 813 g/mol. The van der Waals surface area contributed by atoms with E-state index in [-0.39, 0.29) is 12.8 Å². The van der Waals surface area contributed by atoms with Gasteiger partial charge in [0.05, 0.1) is 5.41 Å². The molecule has 1 saturated carbocycles. The molecule has 1 spiro atoms. The van der Waals surface area contributed by atoms with Crippen LogP contribution in [0, 0.1) is 5.41 Å². The van der Waals surface area contributed by atoms with Crippen LogP contribution in [0.2, 0.25) is 0 Å². The fourth-order valence-corrected chi connectivity index (χ4v) is 10.5. The predicted octanol–water partition coefficient (Wildman–Crippen LogP) is 14.8. The molecule has 0 bridgehead atoms. The average Bonchev–Trinajstić information content (AvgIpc) is 3.82. The van der Waals surface area contributed by atoms with Crippen LogP contribution in [0.5, 0.6) is 0 Å². The second-order valence-corrected chi connectivity index (χ2v) is 18.0. The molecule has 1 fully saturated rings. The van der Waals surface area contributed by atoms with Crippen molar-refractivity contribution in [1.29, 1.82) is 0 Å². The first-order valence-electron chi connectivity index (χ1n) is 23.9. The lowest BCUT2D eigenvalue weighted by Crippen LogP contribution is -2.34. The summed E-state index contributed by atoms with van der Waals surface area (Å²) in [6.45, 7) is 4.00. The summed E-state index contributed by atoms with van der Waals surface area (Å²) in [4.78, 5) is 15.3. The van der Waals surface area contributed by atoms with Gasteiger partial charge in [-0.1, -0.05) is 196 Å². The van der Waals surface area contributed by atoms with Crippen molar-refractivity contribution < 1.29 is 5.48 Å². The van der Waals surface area contributed by atoms with E-state index in [2.05, 4.69) is 115 Å². The number of hydrogen-bond acceptors (Lipinski definition) is 3. The molecule has 63 heavy (non-hydrogen) atoms. The van der Waals surface area contributed by atoms with Gasteiger partial charge >= 0.3 is 0 Å². The van der Waals surface area contributed by atoms with Crippen molar-refractivity contribution in [2.24, 2.45) is 5.41 Å². The van der Waals surface area contributed by atoms with Crippen LogP contribution in [-0.2, 0) is 10.8 Å². The van der Waals surface area contributed by atoms with Crippen LogP contribution in [-0.4, -0.2) is 15.0 Å². The molecule has 0 atom stereocenters. The van der Waals surface area contributed by atoms with Crippen LogP contribution < -0.4 is 0 Å². The average molecular weight is 814 g/mol. The van der Waals surface area contributed by atoms with E-state index in [1.807, 2.05) is 98.8 Å². The first kappa shape index (κ1) is 33.4. The Hall–Kier alpha value is -7.23. The van der Waals surface area contributed by atoms with Gasteiger partial charge in [0.2, 0.25) is 0 Å². The van der Waals surface area contributed by atoms with E-state index in [9.17, 15) is 5.48 Å². The number of nitrogens with zero attached hydrogens (tertiary/aromatic N) is 3. The Kier molecular flexibility index (Phi) is 7.65. The number of fused-ring (bicyclic) bond motifs is 8. The molecule has 1 heterocycles. The maximum absolute atomic E-state index is 9.84. The van der Waals surface area contributed by atoms with E-state index in [0.29, 0.717) is 17.5 Å². The molecular weight excluding hydrogens is 763 g/mol. The Bertz CT molecular complexity index is 3270. The van der Waals surface area contributed by atoms with Crippen molar-refractivity contribution in [2.45, 2.75) is 50.3 Å². The highest BCUT2D eigenvalue weighted by Gasteiger charge is 2.48. The maximum Gasteiger partial charge on any atom is 0.164 e. The fourth-order valence-electron chi connectivity index (χ4n) is 10.5. The summed E-state index contributed by atoms with van der Waals surface area (Å²) >= 11 is 0. The zero-order chi connectivity index (χ0) is 45.8. The lowest BCUT2D eigenvalue weighted by Gasteiger charge is -2.43. The number of benzene rings is 8. The minimum absolute atomic E-state index is 0.249. The zero-order valence-corrected chi connectivity index (χ0v) is 35.3. The SMILES string of the molecule is [2H]C1([2H])CC(C)(C)CC([2H])([2H])C12c1ccccc1-c1ccc(-c3ccc4c(c3)C(c3ccccc3)(c3ccccc3)c3cc(-c5nc(-c6ccccc6)nc(-c6ccccc6)n5)ccc3-4)cc12. The summed E-state index contributed by atoms with van der Waals surface area (Å²) in [7, 11) is 0. The number of hydrogen-bond donors (Lipinski definition) is 0. The van der Waals surface area contributed by atoms with Gasteiger partial charge in [0.1, 0.15) is 0 Å². The van der Waals surface area contributed by atoms with Gasteiger partial charge in [0, 0.05) is 27.6 Å². The van der Waals surface area contributed by atoms with E-state index in [4.69, 9.17) is 15.0 Å². The van der Waals surface area contributed by atoms with Crippen LogP contribution in [0.25, 0.3) is 67.5 Å². The largest absolute Gasteiger partial charge is 0.208 e. The third-order valence-electron chi connectivity index (χ3n) is 13.6. The highest BCUT2D eigenvalue weighted by Crippen LogP contribution is 2.60. The fraction of sp³-hybridized carbons (Fsp3) is 0.150. The third kappa shape index (κ3) is 5.90. The van der Waals surface area contributed by atoms with Gasteiger partial charge in [-0.15, -0.1) is 0 Å². The summed E-state index contributed by atoms with van der Waals surface area (Å²) < 4.78 is 39.4. The Morgan fingerprint density at radius 1 is 0.365 bits per heavy atom. The van der Waals surface area contributed by atoms with E-state index in [0.717, 1.165) is 83.5 Å². The molecule has 0 N–H and O–H groups in total. The molecule has 3 heteroatoms. The van der Waals surface area contributed by atoms with Gasteiger partial charge in [-0.3, -0.25) is 0 Å². The minimum Gasteiger partial charge on any atom is -0.208 e. The molecule has 1 aromatic heterocycles. The Morgan fingerprint density at radius 3 is 1.27 bits per heavy atom. The lowest BCUT2D eigenvalue weighted by atomic mass is 9.61. The van der Waals surface area contributed by atoms with Crippen molar-refractivity contribution >= 4 is 0 Å². The van der Waals surface area contributed by atoms with Crippen LogP contribution in [0.15, 0.2) is 200 Å². The molecule has 0 aliphatic heterocycles. The number of aromatic nitrogens is 3. The molecule has 3 aliphatic carbocycles. The Morgan fingerprint density at radius 2 is 0.746 bits per heavy atom. The second kappa shape index (κ2) is 14.4. The molecule has 302 valence electrons. The zero-order valence-electron chi connectivity index (χ0n) is 39.3. The smallest absolute Gasteiger partial charge is 0.164 e. The van der Waals surface area contributed by atoms with Crippen molar-refractivity contribution in [3.8, 4) is 67.5 Å². The van der Waals surface area contributed by atoms with E-state index in [1.54, 1.807) is 0 Å². The van der Waals surface area contributed by atoms with Crippen LogP contribution in [0.3, 0.4) is 0 Å². The standard InChI is InChI=1S/C60H47N3/c1-58(2)33-35-59(36-34-58)51-26-16-15-25-47(51)48-30-27-42(37-52(48)59)43-28-31-49-50-32-29-44(57-62-55(40-17-7-3-8-18-40)61-56(63-57)41-19-9-4-10-20-41)39-54(50)60(53(49)38-43,45-21-11-5-12-22-45)46-23-13-6-14-24-46/h3-32,37-39H,33-36H2,1-2H3/i35D2,36D2. The van der Waals surface area contributed by atoms with Crippen LogP contribution >= 0.6 is 0 Å². The Balaban J connectivity index is 1.08. The Labute approximate surface area is 375 Å². The topological polar surface area (TPSA) is 38.7 Å². The normalized spacial score (nSPS) is 18.4. The molecule has 9 aromatic rings. The summed E-state index contributed by atoms with van der Waals surface area (Å²) in [5, 5.41) is 0. The first-order chi connectivity index (χ1) is 32.4. The van der Waals surface area contributed by atoms with E-state index < -0.39 is 29.0 Å². The maximum atomic E-state index is 9.84. The van der Waals surface area contributed by atoms with Gasteiger partial charge < -0.3 is 0 Å². The van der Waals surface area contributed by atoms with Gasteiger partial charge in [-0.05, 0) is 116 Å². The van der Waals surface area contributed by atoms with E-state index in [1.165, 1.54) is 0 Å². The molecule has 3 aliphatic rings. The summed E-state index contributed by atoms with van der Waals surface area (Å²) in [5.74, 6) is 1.79. The van der Waals surface area contributed by atoms with Crippen molar-refractivity contribution in [1.82, 2.24) is 15.0 Å². The summed E-state index contributed by atoms with van der Waals surface area (Å²) in [6.07, 6.45) is -3.24. The van der Waals surface area contributed by atoms with Crippen molar-refractivity contribution in [3.05, 3.63) is 234 Å². The molecule has 0 unspecified atom stereocenters. The summed E-state index contributed by atoms with van der Waals surface area (Å²) in [6, 6.07) is 69.2. The third-order valence-corrected chi connectivity index (χ3v) is 13.6. The van der Waals surface area contributed by atoms with Gasteiger partial charge in [-0.2, -0.15) is 0 Å². The molecule has 0 radical (unpaired) electrons. The minimum atomic E-state index is -1.87. The van der Waals surface area contributed by atoms with Crippen LogP contribution in [0.1, 0.15) is 78.3 Å². The lowest BCUT2D eigenvalue weighted by molar-refractivity contribution is 0.188. The number of rotatable bonds is 6. The van der Waals surface area contributed by atoms with Crippen LogP contribution in [0.4, 0.5) is 0 Å². The quantitative estimate of drug-likeness (QED) is 0.168. The highest BCUT2D eigenvalue weighted by molar-refractivity contribution is 5.91. The highest BCUT2D eigenvalue weighted by atomic mass is 15.0. The second-order valence-electron chi connectivity index (χ2n) is 18.0. The van der Waals surface area contributed by atoms with Crippen molar-refractivity contribution in [2.75, 3.05) is 0 Å².